The third kappa shape index (κ3) is 4.95. The Morgan fingerprint density at radius 1 is 1.10 bits per heavy atom. The minimum atomic E-state index is -0.113. The van der Waals surface area contributed by atoms with Crippen LogP contribution in [0.15, 0.2) is 48.5 Å². The van der Waals surface area contributed by atoms with Gasteiger partial charge in [0.15, 0.2) is 6.61 Å². The standard InChI is InChI=1S/C18H21NO2/c1-3-15-7-5-9-17(11-15)21-13-18(20)19-12-16-8-4-6-14(2)10-16/h4-11H,3,12-13H2,1-2H3,(H,19,20). The van der Waals surface area contributed by atoms with Crippen LogP contribution in [0.25, 0.3) is 0 Å². The number of hydrogen-bond acceptors (Lipinski definition) is 2. The second kappa shape index (κ2) is 7.48. The second-order valence-electron chi connectivity index (χ2n) is 5.06. The fraction of sp³-hybridized carbons (Fsp3) is 0.278. The average molecular weight is 283 g/mol. The molecule has 0 saturated heterocycles. The van der Waals surface area contributed by atoms with Gasteiger partial charge in [0.1, 0.15) is 5.75 Å². The molecular weight excluding hydrogens is 262 g/mol. The Morgan fingerprint density at radius 2 is 1.86 bits per heavy atom. The monoisotopic (exact) mass is 283 g/mol. The normalized spacial score (nSPS) is 10.2. The van der Waals surface area contributed by atoms with Crippen LogP contribution in [0.3, 0.4) is 0 Å². The minimum absolute atomic E-state index is 0.0407. The number of nitrogens with one attached hydrogen (secondary N) is 1. The molecular formula is C18H21NO2. The summed E-state index contributed by atoms with van der Waals surface area (Å²) >= 11 is 0. The van der Waals surface area contributed by atoms with Crippen molar-refractivity contribution in [2.45, 2.75) is 26.8 Å². The van der Waals surface area contributed by atoms with Crippen molar-refractivity contribution < 1.29 is 9.53 Å². The van der Waals surface area contributed by atoms with Crippen molar-refractivity contribution in [3.8, 4) is 5.75 Å². The van der Waals surface area contributed by atoms with Gasteiger partial charge < -0.3 is 10.1 Å². The van der Waals surface area contributed by atoms with Crippen LogP contribution < -0.4 is 10.1 Å². The van der Waals surface area contributed by atoms with Gasteiger partial charge in [0.2, 0.25) is 0 Å². The molecule has 0 saturated carbocycles. The Bertz CT molecular complexity index is 608. The van der Waals surface area contributed by atoms with Crippen LogP contribution in [0.5, 0.6) is 5.75 Å². The Hall–Kier alpha value is -2.29. The third-order valence-corrected chi connectivity index (χ3v) is 3.25. The first kappa shape index (κ1) is 15.1. The molecule has 0 atom stereocenters. The van der Waals surface area contributed by atoms with Crippen molar-refractivity contribution in [2.24, 2.45) is 0 Å². The number of ether oxygens (including phenoxy) is 1. The van der Waals surface area contributed by atoms with Gasteiger partial charge >= 0.3 is 0 Å². The van der Waals surface area contributed by atoms with E-state index in [-0.39, 0.29) is 12.5 Å². The highest BCUT2D eigenvalue weighted by Crippen LogP contribution is 2.13. The lowest BCUT2D eigenvalue weighted by atomic mass is 10.1. The Morgan fingerprint density at radius 3 is 2.62 bits per heavy atom. The molecule has 1 amide bonds. The Balaban J connectivity index is 1.79. The number of benzene rings is 2. The first-order valence-electron chi connectivity index (χ1n) is 7.21. The van der Waals surface area contributed by atoms with E-state index in [0.29, 0.717) is 6.54 Å². The van der Waals surface area contributed by atoms with E-state index < -0.39 is 0 Å². The lowest BCUT2D eigenvalue weighted by Gasteiger charge is -2.09. The number of amides is 1. The molecule has 21 heavy (non-hydrogen) atoms. The van der Waals surface area contributed by atoms with Gasteiger partial charge in [0.25, 0.3) is 5.91 Å². The largest absolute Gasteiger partial charge is 0.484 e. The van der Waals surface area contributed by atoms with Crippen LogP contribution >= 0.6 is 0 Å². The Labute approximate surface area is 126 Å². The number of hydrogen-bond donors (Lipinski definition) is 1. The van der Waals surface area contributed by atoms with Gasteiger partial charge in [-0.25, -0.2) is 0 Å². The summed E-state index contributed by atoms with van der Waals surface area (Å²) in [6.45, 7) is 4.70. The predicted octanol–water partition coefficient (Wildman–Crippen LogP) is 3.25. The van der Waals surface area contributed by atoms with E-state index in [4.69, 9.17) is 4.74 Å². The fourth-order valence-corrected chi connectivity index (χ4v) is 2.08. The molecule has 0 heterocycles. The molecule has 0 aromatic heterocycles. The van der Waals surface area contributed by atoms with Crippen molar-refractivity contribution in [3.05, 3.63) is 65.2 Å². The summed E-state index contributed by atoms with van der Waals surface area (Å²) in [6, 6.07) is 15.9. The maximum Gasteiger partial charge on any atom is 0.258 e. The van der Waals surface area contributed by atoms with Gasteiger partial charge in [-0.3, -0.25) is 4.79 Å². The number of carbonyl (C=O) groups excluding carboxylic acids is 1. The van der Waals surface area contributed by atoms with Gasteiger partial charge in [-0.05, 0) is 36.6 Å². The zero-order valence-electron chi connectivity index (χ0n) is 12.6. The molecule has 2 aromatic rings. The van der Waals surface area contributed by atoms with E-state index in [9.17, 15) is 4.79 Å². The number of carbonyl (C=O) groups is 1. The molecule has 0 bridgehead atoms. The molecule has 0 radical (unpaired) electrons. The summed E-state index contributed by atoms with van der Waals surface area (Å²) in [5, 5.41) is 2.86. The highest BCUT2D eigenvalue weighted by atomic mass is 16.5. The molecule has 0 aliphatic rings. The van der Waals surface area contributed by atoms with E-state index in [1.807, 2.05) is 49.4 Å². The SMILES string of the molecule is CCc1cccc(OCC(=O)NCc2cccc(C)c2)c1. The van der Waals surface area contributed by atoms with E-state index >= 15 is 0 Å². The molecule has 2 rings (SSSR count). The van der Waals surface area contributed by atoms with Crippen molar-refractivity contribution in [3.63, 3.8) is 0 Å². The molecule has 0 spiro atoms. The van der Waals surface area contributed by atoms with Gasteiger partial charge in [-0.15, -0.1) is 0 Å². The highest BCUT2D eigenvalue weighted by Gasteiger charge is 2.03. The summed E-state index contributed by atoms with van der Waals surface area (Å²) in [5.41, 5.74) is 3.48. The second-order valence-corrected chi connectivity index (χ2v) is 5.06. The zero-order valence-corrected chi connectivity index (χ0v) is 12.6. The summed E-state index contributed by atoms with van der Waals surface area (Å²) in [6.07, 6.45) is 0.955. The summed E-state index contributed by atoms with van der Waals surface area (Å²) in [5.74, 6) is 0.624. The van der Waals surface area contributed by atoms with E-state index in [0.717, 1.165) is 17.7 Å². The average Bonchev–Trinajstić information content (AvgIpc) is 2.51. The third-order valence-electron chi connectivity index (χ3n) is 3.25. The first-order valence-corrected chi connectivity index (χ1v) is 7.21. The molecule has 2 aromatic carbocycles. The first-order chi connectivity index (χ1) is 10.2. The topological polar surface area (TPSA) is 38.3 Å². The van der Waals surface area contributed by atoms with Gasteiger partial charge in [-0.1, -0.05) is 48.9 Å². The van der Waals surface area contributed by atoms with Crippen LogP contribution in [-0.2, 0) is 17.8 Å². The van der Waals surface area contributed by atoms with E-state index in [2.05, 4.69) is 18.3 Å². The fourth-order valence-electron chi connectivity index (χ4n) is 2.08. The lowest BCUT2D eigenvalue weighted by molar-refractivity contribution is -0.123. The summed E-state index contributed by atoms with van der Waals surface area (Å²) in [7, 11) is 0. The molecule has 0 fully saturated rings. The summed E-state index contributed by atoms with van der Waals surface area (Å²) in [4.78, 5) is 11.8. The van der Waals surface area contributed by atoms with Crippen molar-refractivity contribution in [2.75, 3.05) is 6.61 Å². The molecule has 3 heteroatoms. The van der Waals surface area contributed by atoms with Crippen molar-refractivity contribution in [1.82, 2.24) is 5.32 Å². The zero-order chi connectivity index (χ0) is 15.1. The molecule has 0 unspecified atom stereocenters. The van der Waals surface area contributed by atoms with Crippen LogP contribution in [0.4, 0.5) is 0 Å². The van der Waals surface area contributed by atoms with E-state index in [1.54, 1.807) is 0 Å². The van der Waals surface area contributed by atoms with Crippen LogP contribution in [0.1, 0.15) is 23.6 Å². The van der Waals surface area contributed by atoms with Gasteiger partial charge in [0.05, 0.1) is 0 Å². The van der Waals surface area contributed by atoms with Crippen molar-refractivity contribution >= 4 is 5.91 Å². The highest BCUT2D eigenvalue weighted by molar-refractivity contribution is 5.77. The quantitative estimate of drug-likeness (QED) is 0.883. The van der Waals surface area contributed by atoms with E-state index in [1.165, 1.54) is 11.1 Å². The lowest BCUT2D eigenvalue weighted by Crippen LogP contribution is -2.28. The van der Waals surface area contributed by atoms with Crippen LogP contribution in [0.2, 0.25) is 0 Å². The molecule has 110 valence electrons. The summed E-state index contributed by atoms with van der Waals surface area (Å²) < 4.78 is 5.51. The molecule has 3 nitrogen and oxygen atoms in total. The molecule has 1 N–H and O–H groups in total. The van der Waals surface area contributed by atoms with Gasteiger partial charge in [0, 0.05) is 6.54 Å². The minimum Gasteiger partial charge on any atom is -0.484 e. The smallest absolute Gasteiger partial charge is 0.258 e. The van der Waals surface area contributed by atoms with Crippen LogP contribution in [-0.4, -0.2) is 12.5 Å². The molecule has 0 aliphatic heterocycles. The number of aryl methyl sites for hydroxylation is 2. The number of rotatable bonds is 6. The Kier molecular flexibility index (Phi) is 5.38. The predicted molar refractivity (Wildman–Crippen MR) is 84.3 cm³/mol. The van der Waals surface area contributed by atoms with Crippen molar-refractivity contribution in [1.29, 1.82) is 0 Å². The maximum atomic E-state index is 11.8. The van der Waals surface area contributed by atoms with Crippen LogP contribution in [0, 0.1) is 6.92 Å². The molecule has 0 aliphatic carbocycles. The maximum absolute atomic E-state index is 11.8. The van der Waals surface area contributed by atoms with Gasteiger partial charge in [-0.2, -0.15) is 0 Å².